The van der Waals surface area contributed by atoms with E-state index in [-0.39, 0.29) is 0 Å². The van der Waals surface area contributed by atoms with Crippen LogP contribution in [0.5, 0.6) is 11.5 Å². The molecule has 10 heteroatoms. The Hall–Kier alpha value is -2.07. The molecular weight excluding hydrogens is 470 g/mol. The molecule has 2 atom stereocenters. The van der Waals surface area contributed by atoms with Gasteiger partial charge in [-0.2, -0.15) is 4.31 Å². The molecule has 2 aromatic rings. The maximum Gasteiger partial charge on any atom is 0.222 e. The van der Waals surface area contributed by atoms with Gasteiger partial charge in [-0.25, -0.2) is 13.4 Å². The summed E-state index contributed by atoms with van der Waals surface area (Å²) in [5.41, 5.74) is 1.73. The van der Waals surface area contributed by atoms with E-state index in [9.17, 15) is 8.42 Å². The van der Waals surface area contributed by atoms with Gasteiger partial charge in [0, 0.05) is 43.2 Å². The van der Waals surface area contributed by atoms with Crippen molar-refractivity contribution < 1.29 is 17.9 Å². The van der Waals surface area contributed by atoms with Gasteiger partial charge in [0.25, 0.3) is 0 Å². The number of allylic oxidation sites excluding steroid dienone is 3. The lowest BCUT2D eigenvalue weighted by Crippen LogP contribution is -2.54. The average molecular weight is 496 g/mol. The number of methoxy groups -OCH3 is 2. The Bertz CT molecular complexity index is 1110. The highest BCUT2D eigenvalue weighted by atomic mass is 35.5. The highest BCUT2D eigenvalue weighted by molar-refractivity contribution is 7.90. The number of alkyl halides is 1. The lowest BCUT2D eigenvalue weighted by atomic mass is 10.0. The Balaban J connectivity index is 1.46. The molecule has 1 aromatic carbocycles. The second-order valence-electron chi connectivity index (χ2n) is 7.86. The highest BCUT2D eigenvalue weighted by Gasteiger charge is 2.43. The molecule has 0 bridgehead atoms. The number of thiazole rings is 1. The summed E-state index contributed by atoms with van der Waals surface area (Å²) in [5, 5.41) is 2.08. The molecule has 32 heavy (non-hydrogen) atoms. The largest absolute Gasteiger partial charge is 0.497 e. The minimum absolute atomic E-state index is 0.394. The number of benzene rings is 1. The van der Waals surface area contributed by atoms with Gasteiger partial charge < -0.3 is 14.4 Å². The second kappa shape index (κ2) is 9.05. The first-order valence-corrected chi connectivity index (χ1v) is 13.0. The molecule has 1 aliphatic carbocycles. The van der Waals surface area contributed by atoms with Crippen LogP contribution in [0.4, 0.5) is 5.13 Å². The van der Waals surface area contributed by atoms with Crippen molar-refractivity contribution in [3.8, 4) is 22.8 Å². The maximum atomic E-state index is 13.2. The molecule has 0 spiro atoms. The fourth-order valence-electron chi connectivity index (χ4n) is 3.87. The molecule has 2 unspecified atom stereocenters. The van der Waals surface area contributed by atoms with Crippen LogP contribution in [0.2, 0.25) is 0 Å². The minimum Gasteiger partial charge on any atom is -0.497 e. The van der Waals surface area contributed by atoms with E-state index in [4.69, 9.17) is 26.1 Å². The van der Waals surface area contributed by atoms with Gasteiger partial charge in [0.05, 0.1) is 24.8 Å². The second-order valence-corrected chi connectivity index (χ2v) is 11.6. The first kappa shape index (κ1) is 23.1. The van der Waals surface area contributed by atoms with Crippen molar-refractivity contribution in [2.45, 2.75) is 17.0 Å². The number of halogens is 1. The highest BCUT2D eigenvalue weighted by Crippen LogP contribution is 2.35. The van der Waals surface area contributed by atoms with Crippen LogP contribution in [0.25, 0.3) is 11.3 Å². The summed E-state index contributed by atoms with van der Waals surface area (Å²) in [6.07, 6.45) is 6.93. The first-order valence-electron chi connectivity index (χ1n) is 10.2. The van der Waals surface area contributed by atoms with Crippen LogP contribution in [0.1, 0.15) is 6.92 Å². The van der Waals surface area contributed by atoms with Crippen LogP contribution in [0.3, 0.4) is 0 Å². The predicted molar refractivity (Wildman–Crippen MR) is 130 cm³/mol. The van der Waals surface area contributed by atoms with Gasteiger partial charge in [-0.05, 0) is 19.1 Å². The maximum absolute atomic E-state index is 13.2. The van der Waals surface area contributed by atoms with Crippen LogP contribution in [-0.4, -0.2) is 68.2 Å². The van der Waals surface area contributed by atoms with Gasteiger partial charge >= 0.3 is 0 Å². The van der Waals surface area contributed by atoms with E-state index in [1.54, 1.807) is 49.8 Å². The molecule has 1 saturated heterocycles. The molecule has 2 heterocycles. The van der Waals surface area contributed by atoms with E-state index >= 15 is 0 Å². The number of rotatable bonds is 6. The number of hydrogen-bond acceptors (Lipinski definition) is 7. The Morgan fingerprint density at radius 1 is 1.09 bits per heavy atom. The van der Waals surface area contributed by atoms with Crippen molar-refractivity contribution in [3.63, 3.8) is 0 Å². The SMILES string of the molecule is COc1cc(OC)cc(-c2csc(N3CCN(S(=O)(=O)C4C=CC=CC4(C)Cl)CC3)n2)c1. The lowest BCUT2D eigenvalue weighted by Gasteiger charge is -2.38. The van der Waals surface area contributed by atoms with Crippen molar-refractivity contribution in [2.24, 2.45) is 0 Å². The Morgan fingerprint density at radius 3 is 2.34 bits per heavy atom. The van der Waals surface area contributed by atoms with Gasteiger partial charge in [0.1, 0.15) is 16.7 Å². The van der Waals surface area contributed by atoms with Crippen molar-refractivity contribution in [1.29, 1.82) is 0 Å². The molecule has 1 aromatic heterocycles. The van der Waals surface area contributed by atoms with E-state index in [1.165, 1.54) is 11.3 Å². The third-order valence-electron chi connectivity index (χ3n) is 5.70. The zero-order valence-electron chi connectivity index (χ0n) is 18.2. The minimum atomic E-state index is -3.56. The smallest absolute Gasteiger partial charge is 0.222 e. The third kappa shape index (κ3) is 4.52. The fraction of sp³-hybridized carbons (Fsp3) is 0.409. The molecule has 1 aliphatic heterocycles. The number of sulfonamides is 1. The summed E-state index contributed by atoms with van der Waals surface area (Å²) >= 11 is 8.03. The summed E-state index contributed by atoms with van der Waals surface area (Å²) in [4.78, 5) is 5.95. The van der Waals surface area contributed by atoms with E-state index in [0.29, 0.717) is 37.7 Å². The van der Waals surface area contributed by atoms with E-state index in [0.717, 1.165) is 16.4 Å². The zero-order valence-corrected chi connectivity index (χ0v) is 20.6. The van der Waals surface area contributed by atoms with Crippen LogP contribution in [0, 0.1) is 0 Å². The monoisotopic (exact) mass is 495 g/mol. The van der Waals surface area contributed by atoms with Crippen molar-refractivity contribution in [2.75, 3.05) is 45.3 Å². The summed E-state index contributed by atoms with van der Waals surface area (Å²) in [7, 11) is -0.328. The van der Waals surface area contributed by atoms with Crippen LogP contribution in [0.15, 0.2) is 47.9 Å². The van der Waals surface area contributed by atoms with E-state index in [1.807, 2.05) is 23.6 Å². The number of nitrogens with zero attached hydrogens (tertiary/aromatic N) is 3. The summed E-state index contributed by atoms with van der Waals surface area (Å²) in [6, 6.07) is 5.65. The van der Waals surface area contributed by atoms with Gasteiger partial charge in [-0.1, -0.05) is 24.3 Å². The Labute approximate surface area is 198 Å². The van der Waals surface area contributed by atoms with Crippen LogP contribution < -0.4 is 14.4 Å². The van der Waals surface area contributed by atoms with Gasteiger partial charge in [-0.15, -0.1) is 22.9 Å². The lowest BCUT2D eigenvalue weighted by molar-refractivity contribution is 0.379. The topological polar surface area (TPSA) is 72.0 Å². The Kier molecular flexibility index (Phi) is 6.53. The number of piperazine rings is 1. The van der Waals surface area contributed by atoms with Crippen LogP contribution >= 0.6 is 22.9 Å². The predicted octanol–water partition coefficient (Wildman–Crippen LogP) is 3.77. The van der Waals surface area contributed by atoms with Crippen molar-refractivity contribution in [3.05, 3.63) is 47.9 Å². The average Bonchev–Trinajstić information content (AvgIpc) is 3.28. The number of hydrogen-bond donors (Lipinski definition) is 0. The molecule has 0 radical (unpaired) electrons. The van der Waals surface area contributed by atoms with Gasteiger partial charge in [0.2, 0.25) is 10.0 Å². The summed E-state index contributed by atoms with van der Waals surface area (Å²) in [5.74, 6) is 1.40. The van der Waals surface area contributed by atoms with Gasteiger partial charge in [0.15, 0.2) is 5.13 Å². The number of anilines is 1. The molecular formula is C22H26ClN3O4S2. The molecule has 7 nitrogen and oxygen atoms in total. The normalized spacial score (nSPS) is 24.0. The summed E-state index contributed by atoms with van der Waals surface area (Å²) < 4.78 is 38.7. The van der Waals surface area contributed by atoms with E-state index < -0.39 is 20.1 Å². The molecule has 0 N–H and O–H groups in total. The molecule has 4 rings (SSSR count). The zero-order chi connectivity index (χ0) is 22.9. The van der Waals surface area contributed by atoms with E-state index in [2.05, 4.69) is 4.90 Å². The fourth-order valence-corrected chi connectivity index (χ4v) is 7.19. The number of aromatic nitrogens is 1. The summed E-state index contributed by atoms with van der Waals surface area (Å²) in [6.45, 7) is 3.66. The molecule has 0 amide bonds. The number of ether oxygens (including phenoxy) is 2. The van der Waals surface area contributed by atoms with Crippen molar-refractivity contribution in [1.82, 2.24) is 9.29 Å². The van der Waals surface area contributed by atoms with Crippen LogP contribution in [-0.2, 0) is 10.0 Å². The van der Waals surface area contributed by atoms with Gasteiger partial charge in [-0.3, -0.25) is 0 Å². The molecule has 1 fully saturated rings. The Morgan fingerprint density at radius 2 is 1.75 bits per heavy atom. The molecule has 2 aliphatic rings. The quantitative estimate of drug-likeness (QED) is 0.568. The van der Waals surface area contributed by atoms with Crippen molar-refractivity contribution >= 4 is 38.1 Å². The molecule has 0 saturated carbocycles. The standard InChI is InChI=1S/C22H26ClN3O4S2/c1-22(23)7-5-4-6-20(22)32(27,28)26-10-8-25(9-11-26)21-24-19(15-31-21)16-12-17(29-2)14-18(13-16)30-3/h4-7,12-15,20H,8-11H2,1-3H3. The first-order chi connectivity index (χ1) is 15.2. The molecule has 172 valence electrons. The third-order valence-corrected chi connectivity index (χ3v) is 9.47.